The Labute approximate surface area is 217 Å². The predicted molar refractivity (Wildman–Crippen MR) is 143 cm³/mol. The fourth-order valence-electron chi connectivity index (χ4n) is 5.27. The van der Waals surface area contributed by atoms with Gasteiger partial charge in [0, 0.05) is 31.4 Å². The number of aromatic nitrogens is 3. The van der Waals surface area contributed by atoms with Crippen molar-refractivity contribution in [1.29, 1.82) is 0 Å². The maximum atomic E-state index is 12.8. The van der Waals surface area contributed by atoms with Crippen LogP contribution in [0.1, 0.15) is 55.5 Å². The number of thiazole rings is 1. The van der Waals surface area contributed by atoms with Crippen LogP contribution in [-0.2, 0) is 11.2 Å². The molecule has 2 aliphatic rings. The van der Waals surface area contributed by atoms with E-state index >= 15 is 0 Å². The average molecular weight is 506 g/mol. The van der Waals surface area contributed by atoms with Crippen LogP contribution >= 0.6 is 11.3 Å². The molecule has 0 spiro atoms. The first-order valence-electron chi connectivity index (χ1n) is 13.1. The van der Waals surface area contributed by atoms with E-state index in [0.29, 0.717) is 11.8 Å². The molecular formula is C28H35N5O2S. The van der Waals surface area contributed by atoms with Crippen LogP contribution in [0.2, 0.25) is 0 Å². The van der Waals surface area contributed by atoms with Crippen LogP contribution in [0.25, 0.3) is 10.6 Å². The normalized spacial score (nSPS) is 20.9. The third-order valence-corrected chi connectivity index (χ3v) is 8.54. The molecule has 0 unspecified atom stereocenters. The molecule has 8 heteroatoms. The van der Waals surface area contributed by atoms with E-state index in [4.69, 9.17) is 4.98 Å². The molecule has 1 amide bonds. The number of piperidine rings is 1. The summed E-state index contributed by atoms with van der Waals surface area (Å²) in [5, 5.41) is 14.1. The van der Waals surface area contributed by atoms with Gasteiger partial charge in [-0.3, -0.25) is 4.79 Å². The molecule has 36 heavy (non-hydrogen) atoms. The summed E-state index contributed by atoms with van der Waals surface area (Å²) in [4.78, 5) is 29.8. The number of hydrogen-bond acceptors (Lipinski definition) is 7. The van der Waals surface area contributed by atoms with Gasteiger partial charge in [0.2, 0.25) is 5.91 Å². The zero-order chi connectivity index (χ0) is 24.9. The van der Waals surface area contributed by atoms with Gasteiger partial charge in [0.15, 0.2) is 0 Å². The highest BCUT2D eigenvalue weighted by Crippen LogP contribution is 2.31. The third kappa shape index (κ3) is 6.28. The zero-order valence-corrected chi connectivity index (χ0v) is 21.7. The summed E-state index contributed by atoms with van der Waals surface area (Å²) >= 11 is 1.71. The van der Waals surface area contributed by atoms with Crippen molar-refractivity contribution in [2.24, 2.45) is 11.8 Å². The minimum atomic E-state index is -0.210. The number of anilines is 2. The number of rotatable bonds is 7. The van der Waals surface area contributed by atoms with Gasteiger partial charge in [0.1, 0.15) is 11.6 Å². The van der Waals surface area contributed by atoms with Crippen LogP contribution < -0.4 is 5.32 Å². The average Bonchev–Trinajstić information content (AvgIpc) is 3.37. The monoisotopic (exact) mass is 505 g/mol. The standard InChI is InChI=1S/C28H35N5O2S/c1-19-11-14-29-26(17-19)32-25-4-2-3-23(31-25)24-18-30-27(36-24)10-5-20-12-15-33(16-13-20)28(35)21-6-8-22(34)9-7-21/h2-4,11,14,17-18,20-22,34H,5-10,12-13,15-16H2,1H3,(H,29,31,32). The third-order valence-electron chi connectivity index (χ3n) is 7.47. The number of carbonyl (C=O) groups excluding carboxylic acids is 1. The summed E-state index contributed by atoms with van der Waals surface area (Å²) in [6.45, 7) is 3.78. The quantitative estimate of drug-likeness (QED) is 0.448. The maximum absolute atomic E-state index is 12.8. The Morgan fingerprint density at radius 3 is 2.67 bits per heavy atom. The summed E-state index contributed by atoms with van der Waals surface area (Å²) in [7, 11) is 0. The molecule has 3 aromatic rings. The highest BCUT2D eigenvalue weighted by atomic mass is 32.1. The molecule has 5 rings (SSSR count). The predicted octanol–water partition coefficient (Wildman–Crippen LogP) is 5.37. The summed E-state index contributed by atoms with van der Waals surface area (Å²) in [5.41, 5.74) is 2.07. The van der Waals surface area contributed by atoms with Gasteiger partial charge in [-0.2, -0.15) is 0 Å². The number of pyridine rings is 2. The summed E-state index contributed by atoms with van der Waals surface area (Å²) in [6.07, 6.45) is 10.9. The number of hydrogen-bond donors (Lipinski definition) is 2. The Morgan fingerprint density at radius 2 is 1.89 bits per heavy atom. The van der Waals surface area contributed by atoms with Crippen molar-refractivity contribution in [3.05, 3.63) is 53.3 Å². The number of aliphatic hydroxyl groups excluding tert-OH is 1. The lowest BCUT2D eigenvalue weighted by Gasteiger charge is -2.35. The van der Waals surface area contributed by atoms with Gasteiger partial charge in [-0.15, -0.1) is 11.3 Å². The molecule has 0 radical (unpaired) electrons. The minimum Gasteiger partial charge on any atom is -0.393 e. The molecule has 0 bridgehead atoms. The van der Waals surface area contributed by atoms with E-state index in [9.17, 15) is 9.90 Å². The van der Waals surface area contributed by atoms with E-state index in [2.05, 4.69) is 20.2 Å². The number of amides is 1. The lowest BCUT2D eigenvalue weighted by molar-refractivity contribution is -0.138. The second kappa shape index (κ2) is 11.5. The largest absolute Gasteiger partial charge is 0.393 e. The van der Waals surface area contributed by atoms with E-state index < -0.39 is 0 Å². The molecule has 0 atom stereocenters. The van der Waals surface area contributed by atoms with Gasteiger partial charge in [0.25, 0.3) is 0 Å². The Balaban J connectivity index is 1.10. The Hall–Kier alpha value is -2.84. The van der Waals surface area contributed by atoms with Crippen LogP contribution in [0.5, 0.6) is 0 Å². The lowest BCUT2D eigenvalue weighted by atomic mass is 9.85. The van der Waals surface area contributed by atoms with E-state index in [1.165, 1.54) is 0 Å². The van der Waals surface area contributed by atoms with Crippen LogP contribution in [0.4, 0.5) is 11.6 Å². The first-order valence-corrected chi connectivity index (χ1v) is 13.9. The summed E-state index contributed by atoms with van der Waals surface area (Å²) < 4.78 is 0. The smallest absolute Gasteiger partial charge is 0.225 e. The van der Waals surface area contributed by atoms with Crippen molar-refractivity contribution in [1.82, 2.24) is 19.9 Å². The van der Waals surface area contributed by atoms with E-state index in [-0.39, 0.29) is 12.0 Å². The molecular weight excluding hydrogens is 470 g/mol. The SMILES string of the molecule is Cc1ccnc(Nc2cccc(-c3cnc(CCC4CCN(C(=O)C5CCC(O)CC5)CC4)s3)n2)c1. The second-order valence-corrected chi connectivity index (χ2v) is 11.3. The van der Waals surface area contributed by atoms with Crippen LogP contribution in [-0.4, -0.2) is 50.1 Å². The molecule has 4 heterocycles. The van der Waals surface area contributed by atoms with E-state index in [0.717, 1.165) is 97.2 Å². The van der Waals surface area contributed by atoms with Crippen LogP contribution in [0.15, 0.2) is 42.7 Å². The van der Waals surface area contributed by atoms with Crippen LogP contribution in [0, 0.1) is 18.8 Å². The fourth-order valence-corrected chi connectivity index (χ4v) is 6.17. The molecule has 190 valence electrons. The van der Waals surface area contributed by atoms with E-state index in [1.807, 2.05) is 43.5 Å². The number of carbonyl (C=O) groups is 1. The van der Waals surface area contributed by atoms with Crippen molar-refractivity contribution in [2.45, 2.75) is 64.4 Å². The Bertz CT molecular complexity index is 1170. The van der Waals surface area contributed by atoms with E-state index in [1.54, 1.807) is 17.5 Å². The van der Waals surface area contributed by atoms with Crippen molar-refractivity contribution in [3.8, 4) is 10.6 Å². The van der Waals surface area contributed by atoms with Gasteiger partial charge >= 0.3 is 0 Å². The molecule has 2 fully saturated rings. The first kappa shape index (κ1) is 24.8. The second-order valence-electron chi connectivity index (χ2n) is 10.2. The first-order chi connectivity index (χ1) is 17.5. The molecule has 1 aliphatic carbocycles. The number of aryl methyl sites for hydroxylation is 2. The van der Waals surface area contributed by atoms with Crippen molar-refractivity contribution in [2.75, 3.05) is 18.4 Å². The zero-order valence-electron chi connectivity index (χ0n) is 20.9. The molecule has 0 aromatic carbocycles. The lowest BCUT2D eigenvalue weighted by Crippen LogP contribution is -2.43. The number of likely N-dealkylation sites (tertiary alicyclic amines) is 1. The number of nitrogens with zero attached hydrogens (tertiary/aromatic N) is 4. The van der Waals surface area contributed by atoms with Gasteiger partial charge in [-0.05, 0) is 94.0 Å². The summed E-state index contributed by atoms with van der Waals surface area (Å²) in [5.74, 6) is 2.63. The highest BCUT2D eigenvalue weighted by Gasteiger charge is 2.31. The van der Waals surface area contributed by atoms with Crippen molar-refractivity contribution >= 4 is 28.9 Å². The maximum Gasteiger partial charge on any atom is 0.225 e. The number of aliphatic hydroxyl groups is 1. The molecule has 7 nitrogen and oxygen atoms in total. The molecule has 1 saturated carbocycles. The highest BCUT2D eigenvalue weighted by molar-refractivity contribution is 7.15. The van der Waals surface area contributed by atoms with Crippen molar-refractivity contribution in [3.63, 3.8) is 0 Å². The summed E-state index contributed by atoms with van der Waals surface area (Å²) in [6, 6.07) is 9.95. The number of nitrogens with one attached hydrogen (secondary N) is 1. The fraction of sp³-hybridized carbons (Fsp3) is 0.500. The van der Waals surface area contributed by atoms with Crippen LogP contribution in [0.3, 0.4) is 0 Å². The topological polar surface area (TPSA) is 91.2 Å². The molecule has 1 saturated heterocycles. The molecule has 2 N–H and O–H groups in total. The van der Waals surface area contributed by atoms with Gasteiger partial charge < -0.3 is 15.3 Å². The Kier molecular flexibility index (Phi) is 7.92. The van der Waals surface area contributed by atoms with Crippen molar-refractivity contribution < 1.29 is 9.90 Å². The minimum absolute atomic E-state index is 0.120. The van der Waals surface area contributed by atoms with Gasteiger partial charge in [0.05, 0.1) is 21.7 Å². The Morgan fingerprint density at radius 1 is 1.08 bits per heavy atom. The van der Waals surface area contributed by atoms with Gasteiger partial charge in [-0.1, -0.05) is 6.07 Å². The van der Waals surface area contributed by atoms with Gasteiger partial charge in [-0.25, -0.2) is 15.0 Å². The molecule has 1 aliphatic heterocycles. The molecule has 3 aromatic heterocycles.